The lowest BCUT2D eigenvalue weighted by atomic mass is 10.0. The van der Waals surface area contributed by atoms with E-state index in [0.717, 1.165) is 0 Å². The van der Waals surface area contributed by atoms with Crippen molar-refractivity contribution in [2.75, 3.05) is 7.05 Å². The molecule has 2 amide bonds. The zero-order valence-corrected chi connectivity index (χ0v) is 16.3. The van der Waals surface area contributed by atoms with E-state index in [1.807, 2.05) is 0 Å². The van der Waals surface area contributed by atoms with Crippen molar-refractivity contribution in [3.63, 3.8) is 0 Å². The maximum atomic E-state index is 14.3. The monoisotopic (exact) mass is 397 g/mol. The van der Waals surface area contributed by atoms with Crippen LogP contribution in [-0.2, 0) is 4.79 Å². The fourth-order valence-corrected chi connectivity index (χ4v) is 3.55. The van der Waals surface area contributed by atoms with E-state index in [1.165, 1.54) is 42.3 Å². The Morgan fingerprint density at radius 1 is 1.03 bits per heavy atom. The Morgan fingerprint density at radius 2 is 1.72 bits per heavy atom. The van der Waals surface area contributed by atoms with Gasteiger partial charge < -0.3 is 15.2 Å². The average molecular weight is 397 g/mol. The summed E-state index contributed by atoms with van der Waals surface area (Å²) < 4.78 is 29.6. The van der Waals surface area contributed by atoms with E-state index >= 15 is 0 Å². The Hall–Kier alpha value is -3.48. The normalized spacial score (nSPS) is 11.9. The molecule has 1 heterocycles. The van der Waals surface area contributed by atoms with Crippen LogP contribution in [0.3, 0.4) is 0 Å². The molecule has 5 nitrogen and oxygen atoms in total. The molecule has 0 radical (unpaired) electrons. The van der Waals surface area contributed by atoms with E-state index in [2.05, 4.69) is 0 Å². The van der Waals surface area contributed by atoms with Crippen LogP contribution in [0.5, 0.6) is 0 Å². The van der Waals surface area contributed by atoms with Gasteiger partial charge in [0.25, 0.3) is 5.91 Å². The highest BCUT2D eigenvalue weighted by atomic mass is 19.1. The van der Waals surface area contributed by atoms with Crippen molar-refractivity contribution >= 4 is 11.8 Å². The molecular weight excluding hydrogens is 376 g/mol. The van der Waals surface area contributed by atoms with Crippen molar-refractivity contribution in [1.82, 2.24) is 9.47 Å². The zero-order valence-electron chi connectivity index (χ0n) is 16.3. The zero-order chi connectivity index (χ0) is 21.3. The first-order chi connectivity index (χ1) is 13.7. The number of hydrogen-bond donors (Lipinski definition) is 1. The molecule has 0 spiro atoms. The molecule has 1 atom stereocenters. The summed E-state index contributed by atoms with van der Waals surface area (Å²) in [4.78, 5) is 26.4. The molecule has 1 unspecified atom stereocenters. The van der Waals surface area contributed by atoms with E-state index in [1.54, 1.807) is 42.7 Å². The summed E-state index contributed by atoms with van der Waals surface area (Å²) in [7, 11) is 1.43. The molecule has 0 fully saturated rings. The molecule has 0 aliphatic rings. The molecule has 0 aliphatic carbocycles. The number of primary amides is 1. The van der Waals surface area contributed by atoms with Crippen LogP contribution in [0.2, 0.25) is 0 Å². The van der Waals surface area contributed by atoms with Gasteiger partial charge in [0.1, 0.15) is 17.7 Å². The number of aryl methyl sites for hydroxylation is 1. The van der Waals surface area contributed by atoms with Crippen LogP contribution < -0.4 is 5.73 Å². The van der Waals surface area contributed by atoms with Crippen molar-refractivity contribution < 1.29 is 18.4 Å². The number of amides is 2. The molecule has 29 heavy (non-hydrogen) atoms. The number of halogens is 2. The van der Waals surface area contributed by atoms with Gasteiger partial charge in [-0.1, -0.05) is 24.3 Å². The summed E-state index contributed by atoms with van der Waals surface area (Å²) in [5.41, 5.74) is 7.58. The molecule has 2 aromatic carbocycles. The van der Waals surface area contributed by atoms with Crippen LogP contribution in [0, 0.1) is 25.5 Å². The molecule has 0 bridgehead atoms. The lowest BCUT2D eigenvalue weighted by Gasteiger charge is -2.26. The molecule has 3 aromatic rings. The van der Waals surface area contributed by atoms with Crippen LogP contribution in [0.4, 0.5) is 8.78 Å². The van der Waals surface area contributed by atoms with Gasteiger partial charge in [0, 0.05) is 18.4 Å². The molecular formula is C22H21F2N3O2. The van der Waals surface area contributed by atoms with Crippen LogP contribution in [0.25, 0.3) is 5.69 Å². The van der Waals surface area contributed by atoms with Crippen molar-refractivity contribution in [3.05, 3.63) is 88.7 Å². The van der Waals surface area contributed by atoms with Gasteiger partial charge in [-0.3, -0.25) is 9.59 Å². The van der Waals surface area contributed by atoms with Crippen LogP contribution in [0.1, 0.15) is 33.4 Å². The highest BCUT2D eigenvalue weighted by Gasteiger charge is 2.30. The summed E-state index contributed by atoms with van der Waals surface area (Å²) in [5.74, 6) is -2.22. The SMILES string of the molecule is Cc1cc(C(=O)N(C)C(C(N)=O)c2cccc(F)c2)c(C)n1-c1ccccc1F. The number of aromatic nitrogens is 1. The van der Waals surface area contributed by atoms with Crippen molar-refractivity contribution in [2.24, 2.45) is 5.73 Å². The van der Waals surface area contributed by atoms with Crippen molar-refractivity contribution in [2.45, 2.75) is 19.9 Å². The third-order valence-electron chi connectivity index (χ3n) is 4.90. The summed E-state index contributed by atoms with van der Waals surface area (Å²) in [6.45, 7) is 3.45. The second-order valence-electron chi connectivity index (χ2n) is 6.85. The third-order valence-corrected chi connectivity index (χ3v) is 4.90. The minimum absolute atomic E-state index is 0.274. The fraction of sp³-hybridized carbons (Fsp3) is 0.182. The second kappa shape index (κ2) is 7.87. The minimum atomic E-state index is -1.14. The predicted molar refractivity (Wildman–Crippen MR) is 106 cm³/mol. The molecule has 0 aliphatic heterocycles. The molecule has 0 saturated heterocycles. The van der Waals surface area contributed by atoms with Gasteiger partial charge in [0.15, 0.2) is 0 Å². The summed E-state index contributed by atoms with van der Waals surface area (Å²) in [5, 5.41) is 0. The second-order valence-corrected chi connectivity index (χ2v) is 6.85. The molecule has 7 heteroatoms. The lowest BCUT2D eigenvalue weighted by molar-refractivity contribution is -0.122. The van der Waals surface area contributed by atoms with Gasteiger partial charge in [-0.25, -0.2) is 8.78 Å². The smallest absolute Gasteiger partial charge is 0.256 e. The van der Waals surface area contributed by atoms with E-state index in [-0.39, 0.29) is 5.56 Å². The number of rotatable bonds is 5. The lowest BCUT2D eigenvalue weighted by Crippen LogP contribution is -2.39. The quantitative estimate of drug-likeness (QED) is 0.714. The molecule has 0 saturated carbocycles. The number of nitrogens with two attached hydrogens (primary N) is 1. The Morgan fingerprint density at radius 3 is 2.34 bits per heavy atom. The fourth-order valence-electron chi connectivity index (χ4n) is 3.55. The maximum absolute atomic E-state index is 14.3. The van der Waals surface area contributed by atoms with Gasteiger partial charge in [0.05, 0.1) is 11.3 Å². The maximum Gasteiger partial charge on any atom is 0.256 e. The molecule has 150 valence electrons. The minimum Gasteiger partial charge on any atom is -0.368 e. The molecule has 3 rings (SSSR count). The Labute approximate surface area is 167 Å². The number of carbonyl (C=O) groups is 2. The van der Waals surface area contributed by atoms with E-state index in [4.69, 9.17) is 5.73 Å². The van der Waals surface area contributed by atoms with Crippen molar-refractivity contribution in [1.29, 1.82) is 0 Å². The van der Waals surface area contributed by atoms with Gasteiger partial charge in [-0.05, 0) is 49.7 Å². The molecule has 2 N–H and O–H groups in total. The number of nitrogens with zero attached hydrogens (tertiary/aromatic N) is 2. The van der Waals surface area contributed by atoms with Gasteiger partial charge in [0.2, 0.25) is 5.91 Å². The highest BCUT2D eigenvalue weighted by Crippen LogP contribution is 2.27. The number of para-hydroxylation sites is 1. The topological polar surface area (TPSA) is 68.3 Å². The Balaban J connectivity index is 2.03. The first-order valence-corrected chi connectivity index (χ1v) is 8.98. The Kier molecular flexibility index (Phi) is 5.50. The average Bonchev–Trinajstić information content (AvgIpc) is 2.96. The van der Waals surface area contributed by atoms with Crippen molar-refractivity contribution in [3.8, 4) is 5.69 Å². The van der Waals surface area contributed by atoms with Gasteiger partial charge in [-0.15, -0.1) is 0 Å². The standard InChI is InChI=1S/C22H21F2N3O2/c1-13-11-17(14(2)27(13)19-10-5-4-9-18(19)24)22(29)26(3)20(21(25)28)15-7-6-8-16(23)12-15/h4-12,20H,1-3H3,(H2,25,28). The highest BCUT2D eigenvalue weighted by molar-refractivity contribution is 5.98. The summed E-state index contributed by atoms with van der Waals surface area (Å²) in [6, 6.07) is 12.1. The van der Waals surface area contributed by atoms with Crippen LogP contribution >= 0.6 is 0 Å². The molecule has 1 aromatic heterocycles. The number of likely N-dealkylation sites (N-methyl/N-ethyl adjacent to an activating group) is 1. The van der Waals surface area contributed by atoms with Gasteiger partial charge >= 0.3 is 0 Å². The van der Waals surface area contributed by atoms with E-state index in [9.17, 15) is 18.4 Å². The van der Waals surface area contributed by atoms with E-state index < -0.39 is 29.5 Å². The first kappa shape index (κ1) is 20.3. The largest absolute Gasteiger partial charge is 0.368 e. The first-order valence-electron chi connectivity index (χ1n) is 8.98. The van der Waals surface area contributed by atoms with Gasteiger partial charge in [-0.2, -0.15) is 0 Å². The van der Waals surface area contributed by atoms with E-state index in [0.29, 0.717) is 22.6 Å². The number of hydrogen-bond acceptors (Lipinski definition) is 2. The third kappa shape index (κ3) is 3.76. The summed E-state index contributed by atoms with van der Waals surface area (Å²) >= 11 is 0. The number of carbonyl (C=O) groups excluding carboxylic acids is 2. The van der Waals surface area contributed by atoms with Crippen LogP contribution in [-0.4, -0.2) is 28.3 Å². The van der Waals surface area contributed by atoms with Crippen LogP contribution in [0.15, 0.2) is 54.6 Å². The predicted octanol–water partition coefficient (Wildman–Crippen LogP) is 3.67. The number of benzene rings is 2. The Bertz CT molecular complexity index is 1090. The summed E-state index contributed by atoms with van der Waals surface area (Å²) in [6.07, 6.45) is 0.